The molecule has 1 rings (SSSR count). The Morgan fingerprint density at radius 3 is 2.72 bits per heavy atom. The molecule has 1 unspecified atom stereocenters. The Kier molecular flexibility index (Phi) is 6.47. The molecule has 0 fully saturated rings. The lowest BCUT2D eigenvalue weighted by atomic mass is 9.99. The third kappa shape index (κ3) is 4.90. The van der Waals surface area contributed by atoms with Crippen molar-refractivity contribution in [3.63, 3.8) is 0 Å². The molecule has 0 aromatic carbocycles. The lowest BCUT2D eigenvalue weighted by Gasteiger charge is -2.07. The average molecular weight is 251 g/mol. The minimum atomic E-state index is 0.0759. The van der Waals surface area contributed by atoms with Crippen LogP contribution >= 0.6 is 0 Å². The first-order valence-corrected chi connectivity index (χ1v) is 6.97. The van der Waals surface area contributed by atoms with Gasteiger partial charge in [-0.25, -0.2) is 4.98 Å². The van der Waals surface area contributed by atoms with E-state index in [2.05, 4.69) is 23.8 Å². The van der Waals surface area contributed by atoms with Crippen molar-refractivity contribution < 1.29 is 4.79 Å². The van der Waals surface area contributed by atoms with Crippen molar-refractivity contribution in [2.45, 2.75) is 58.8 Å². The molecule has 1 heterocycles. The first-order valence-electron chi connectivity index (χ1n) is 6.97. The van der Waals surface area contributed by atoms with Crippen LogP contribution in [0.2, 0.25) is 0 Å². The summed E-state index contributed by atoms with van der Waals surface area (Å²) in [5.74, 6) is 1.22. The van der Waals surface area contributed by atoms with Crippen LogP contribution in [-0.2, 0) is 0 Å². The van der Waals surface area contributed by atoms with E-state index in [0.717, 1.165) is 18.8 Å². The van der Waals surface area contributed by atoms with E-state index in [1.807, 2.05) is 0 Å². The van der Waals surface area contributed by atoms with Crippen LogP contribution in [0.25, 0.3) is 0 Å². The summed E-state index contributed by atoms with van der Waals surface area (Å²) in [6, 6.07) is 0. The van der Waals surface area contributed by atoms with Gasteiger partial charge in [-0.1, -0.05) is 46.0 Å². The van der Waals surface area contributed by atoms with Gasteiger partial charge < -0.3 is 10.7 Å². The van der Waals surface area contributed by atoms with Gasteiger partial charge in [0.05, 0.1) is 6.33 Å². The van der Waals surface area contributed by atoms with E-state index >= 15 is 0 Å². The number of aromatic amines is 1. The van der Waals surface area contributed by atoms with Crippen molar-refractivity contribution in [3.05, 3.63) is 12.0 Å². The molecule has 1 aromatic rings. The predicted octanol–water partition coefficient (Wildman–Crippen LogP) is 3.56. The quantitative estimate of drug-likeness (QED) is 0.520. The van der Waals surface area contributed by atoms with Crippen LogP contribution in [0.5, 0.6) is 0 Å². The second kappa shape index (κ2) is 7.90. The summed E-state index contributed by atoms with van der Waals surface area (Å²) in [5.41, 5.74) is 6.05. The Labute approximate surface area is 109 Å². The Morgan fingerprint density at radius 2 is 2.11 bits per heavy atom. The van der Waals surface area contributed by atoms with Gasteiger partial charge in [-0.15, -0.1) is 0 Å². The van der Waals surface area contributed by atoms with E-state index in [-0.39, 0.29) is 5.78 Å². The number of imidazole rings is 1. The van der Waals surface area contributed by atoms with Crippen LogP contribution in [0.1, 0.15) is 69.3 Å². The van der Waals surface area contributed by atoms with Crippen LogP contribution in [0, 0.1) is 5.92 Å². The number of hydrogen-bond donors (Lipinski definition) is 2. The van der Waals surface area contributed by atoms with E-state index in [9.17, 15) is 4.79 Å². The molecule has 0 radical (unpaired) electrons. The molecule has 0 amide bonds. The molecule has 4 nitrogen and oxygen atoms in total. The van der Waals surface area contributed by atoms with Crippen LogP contribution in [0.15, 0.2) is 6.33 Å². The molecule has 1 aromatic heterocycles. The van der Waals surface area contributed by atoms with Crippen molar-refractivity contribution in [1.82, 2.24) is 9.97 Å². The van der Waals surface area contributed by atoms with Gasteiger partial charge in [-0.2, -0.15) is 0 Å². The predicted molar refractivity (Wildman–Crippen MR) is 74.5 cm³/mol. The molecule has 1 atom stereocenters. The summed E-state index contributed by atoms with van der Waals surface area (Å²) in [6.45, 7) is 4.53. The van der Waals surface area contributed by atoms with Gasteiger partial charge in [0.1, 0.15) is 5.69 Å². The molecule has 0 bridgehead atoms. The highest BCUT2D eigenvalue weighted by Gasteiger charge is 2.11. The molecule has 0 saturated carbocycles. The minimum absolute atomic E-state index is 0.0759. The van der Waals surface area contributed by atoms with E-state index in [1.54, 1.807) is 0 Å². The number of aromatic nitrogens is 2. The second-order valence-corrected chi connectivity index (χ2v) is 5.05. The number of nitrogen functional groups attached to an aromatic ring is 1. The number of carbonyl (C=O) groups excluding carboxylic acids is 1. The van der Waals surface area contributed by atoms with Crippen molar-refractivity contribution in [2.24, 2.45) is 5.92 Å². The number of Topliss-reactive ketones (excluding diaryl/α,β-unsaturated/α-hetero) is 1. The van der Waals surface area contributed by atoms with Gasteiger partial charge in [0.2, 0.25) is 0 Å². The van der Waals surface area contributed by atoms with E-state index in [0.29, 0.717) is 17.9 Å². The molecule has 0 aliphatic heterocycles. The number of ketones is 1. The summed E-state index contributed by atoms with van der Waals surface area (Å²) in [4.78, 5) is 18.4. The van der Waals surface area contributed by atoms with Crippen LogP contribution in [0.3, 0.4) is 0 Å². The van der Waals surface area contributed by atoms with Crippen LogP contribution in [-0.4, -0.2) is 15.8 Å². The SMILES string of the molecule is CCC(C)CCCCCCC(=O)c1[nH]cnc1N. The Balaban J connectivity index is 2.08. The zero-order chi connectivity index (χ0) is 13.4. The number of nitrogens with one attached hydrogen (secondary N) is 1. The largest absolute Gasteiger partial charge is 0.382 e. The van der Waals surface area contributed by atoms with E-state index < -0.39 is 0 Å². The number of nitrogens with zero attached hydrogens (tertiary/aromatic N) is 1. The standard InChI is InChI=1S/C14H25N3O/c1-3-11(2)8-6-4-5-7-9-12(18)13-14(15)17-10-16-13/h10-11H,3-9,15H2,1-2H3,(H,16,17). The van der Waals surface area contributed by atoms with Crippen molar-refractivity contribution in [2.75, 3.05) is 5.73 Å². The molecule has 18 heavy (non-hydrogen) atoms. The topological polar surface area (TPSA) is 71.8 Å². The fourth-order valence-corrected chi connectivity index (χ4v) is 1.99. The maximum atomic E-state index is 11.8. The molecule has 0 spiro atoms. The van der Waals surface area contributed by atoms with E-state index in [4.69, 9.17) is 5.73 Å². The summed E-state index contributed by atoms with van der Waals surface area (Å²) in [7, 11) is 0. The Morgan fingerprint density at radius 1 is 1.39 bits per heavy atom. The number of H-pyrrole nitrogens is 1. The minimum Gasteiger partial charge on any atom is -0.382 e. The number of rotatable bonds is 9. The Hall–Kier alpha value is -1.32. The smallest absolute Gasteiger partial charge is 0.182 e. The summed E-state index contributed by atoms with van der Waals surface area (Å²) in [5, 5.41) is 0. The lowest BCUT2D eigenvalue weighted by molar-refractivity contribution is 0.0975. The maximum Gasteiger partial charge on any atom is 0.182 e. The van der Waals surface area contributed by atoms with Crippen molar-refractivity contribution in [3.8, 4) is 0 Å². The number of carbonyl (C=O) groups is 1. The van der Waals surface area contributed by atoms with Crippen molar-refractivity contribution >= 4 is 11.6 Å². The van der Waals surface area contributed by atoms with Gasteiger partial charge in [0.25, 0.3) is 0 Å². The molecule has 3 N–H and O–H groups in total. The first kappa shape index (κ1) is 14.7. The van der Waals surface area contributed by atoms with Gasteiger partial charge in [0.15, 0.2) is 11.6 Å². The molecule has 0 aliphatic rings. The fourth-order valence-electron chi connectivity index (χ4n) is 1.99. The first-order chi connectivity index (χ1) is 8.65. The molecule has 102 valence electrons. The molecular weight excluding hydrogens is 226 g/mol. The van der Waals surface area contributed by atoms with Crippen LogP contribution < -0.4 is 5.73 Å². The highest BCUT2D eigenvalue weighted by molar-refractivity contribution is 5.98. The van der Waals surface area contributed by atoms with Gasteiger partial charge in [-0.3, -0.25) is 4.79 Å². The lowest BCUT2D eigenvalue weighted by Crippen LogP contribution is -2.03. The molecule has 4 heteroatoms. The number of hydrogen-bond acceptors (Lipinski definition) is 3. The number of nitrogens with two attached hydrogens (primary N) is 1. The summed E-state index contributed by atoms with van der Waals surface area (Å²) in [6.07, 6.45) is 9.15. The zero-order valence-electron chi connectivity index (χ0n) is 11.5. The average Bonchev–Trinajstić information content (AvgIpc) is 2.79. The maximum absolute atomic E-state index is 11.8. The highest BCUT2D eigenvalue weighted by atomic mass is 16.1. The zero-order valence-corrected chi connectivity index (χ0v) is 11.5. The normalized spacial score (nSPS) is 12.6. The monoisotopic (exact) mass is 251 g/mol. The number of anilines is 1. The third-order valence-electron chi connectivity index (χ3n) is 3.50. The van der Waals surface area contributed by atoms with Gasteiger partial charge in [0, 0.05) is 6.42 Å². The fraction of sp³-hybridized carbons (Fsp3) is 0.714. The van der Waals surface area contributed by atoms with Gasteiger partial charge >= 0.3 is 0 Å². The second-order valence-electron chi connectivity index (χ2n) is 5.05. The number of unbranched alkanes of at least 4 members (excludes halogenated alkanes) is 3. The summed E-state index contributed by atoms with van der Waals surface area (Å²) >= 11 is 0. The third-order valence-corrected chi connectivity index (χ3v) is 3.50. The molecular formula is C14H25N3O. The summed E-state index contributed by atoms with van der Waals surface area (Å²) < 4.78 is 0. The molecule has 0 saturated heterocycles. The molecule has 0 aliphatic carbocycles. The van der Waals surface area contributed by atoms with Crippen molar-refractivity contribution in [1.29, 1.82) is 0 Å². The highest BCUT2D eigenvalue weighted by Crippen LogP contribution is 2.15. The Bertz CT molecular complexity index is 360. The van der Waals surface area contributed by atoms with E-state index in [1.165, 1.54) is 32.0 Å². The van der Waals surface area contributed by atoms with Crippen LogP contribution in [0.4, 0.5) is 5.82 Å². The van der Waals surface area contributed by atoms with Gasteiger partial charge in [-0.05, 0) is 12.3 Å².